The molecule has 2 fully saturated rings. The van der Waals surface area contributed by atoms with Gasteiger partial charge >= 0.3 is 0 Å². The minimum Gasteiger partial charge on any atom is -0.353 e. The minimum atomic E-state index is -0.0945. The molecule has 2 atom stereocenters. The predicted octanol–water partition coefficient (Wildman–Crippen LogP) is 6.48. The molecule has 134 valence electrons. The van der Waals surface area contributed by atoms with Crippen molar-refractivity contribution in [1.82, 2.24) is 0 Å². The molecule has 2 rings (SSSR count). The minimum absolute atomic E-state index is 0.0945. The van der Waals surface area contributed by atoms with Crippen LogP contribution in [-0.4, -0.2) is 19.0 Å². The summed E-state index contributed by atoms with van der Waals surface area (Å²) in [6, 6.07) is 0. The molecule has 23 heavy (non-hydrogen) atoms. The molecule has 2 saturated carbocycles. The summed E-state index contributed by atoms with van der Waals surface area (Å²) < 4.78 is 13.7. The smallest absolute Gasteiger partial charge is 0.155 e. The van der Waals surface area contributed by atoms with Crippen LogP contribution >= 0.6 is 22.6 Å². The Morgan fingerprint density at radius 3 is 2.43 bits per heavy atom. The van der Waals surface area contributed by atoms with Gasteiger partial charge in [-0.2, -0.15) is 0 Å². The standard InChI is InChI=1S/C20H35IO2/c1-3-22-16(2)23-20(12-13-21)19-14-18(15-19)11-7-10-17-8-5-4-6-9-17/h12-13,16-20H,3-11,14-15H2,1-2H3/t16?,18-,19-,20?. The fraction of sp³-hybridized carbons (Fsp3) is 0.900. The summed E-state index contributed by atoms with van der Waals surface area (Å²) in [5, 5.41) is 0. The zero-order valence-corrected chi connectivity index (χ0v) is 17.2. The van der Waals surface area contributed by atoms with Crippen LogP contribution in [0.1, 0.15) is 78.1 Å². The van der Waals surface area contributed by atoms with Crippen LogP contribution in [0.5, 0.6) is 0 Å². The molecule has 0 heterocycles. The molecule has 0 spiro atoms. The number of halogens is 1. The first-order valence-corrected chi connectivity index (χ1v) is 11.0. The van der Waals surface area contributed by atoms with E-state index in [9.17, 15) is 0 Å². The Balaban J connectivity index is 1.61. The summed E-state index contributed by atoms with van der Waals surface area (Å²) in [6.07, 6.45) is 16.8. The topological polar surface area (TPSA) is 18.5 Å². The van der Waals surface area contributed by atoms with Crippen LogP contribution < -0.4 is 0 Å². The van der Waals surface area contributed by atoms with Gasteiger partial charge in [0.15, 0.2) is 6.29 Å². The Bertz CT molecular complexity index is 333. The lowest BCUT2D eigenvalue weighted by Gasteiger charge is -2.40. The highest BCUT2D eigenvalue weighted by atomic mass is 127. The lowest BCUT2D eigenvalue weighted by molar-refractivity contribution is -0.167. The fourth-order valence-electron chi connectivity index (χ4n) is 4.34. The molecule has 0 aromatic heterocycles. The number of hydrogen-bond donors (Lipinski definition) is 0. The van der Waals surface area contributed by atoms with Crippen LogP contribution in [0.3, 0.4) is 0 Å². The summed E-state index contributed by atoms with van der Waals surface area (Å²) >= 11 is 2.30. The third-order valence-corrected chi connectivity index (χ3v) is 6.11. The van der Waals surface area contributed by atoms with E-state index in [4.69, 9.17) is 9.47 Å². The maximum Gasteiger partial charge on any atom is 0.155 e. The van der Waals surface area contributed by atoms with Crippen molar-refractivity contribution < 1.29 is 9.47 Å². The molecular weight excluding hydrogens is 399 g/mol. The van der Waals surface area contributed by atoms with E-state index in [1.54, 1.807) is 0 Å². The largest absolute Gasteiger partial charge is 0.353 e. The molecule has 0 aliphatic heterocycles. The highest BCUT2D eigenvalue weighted by Gasteiger charge is 2.35. The van der Waals surface area contributed by atoms with Crippen LogP contribution in [0.15, 0.2) is 10.2 Å². The Morgan fingerprint density at radius 1 is 1.09 bits per heavy atom. The van der Waals surface area contributed by atoms with Gasteiger partial charge in [-0.05, 0) is 54.6 Å². The van der Waals surface area contributed by atoms with Crippen molar-refractivity contribution in [3.05, 3.63) is 10.2 Å². The molecule has 0 aromatic rings. The van der Waals surface area contributed by atoms with E-state index in [1.165, 1.54) is 64.2 Å². The SMILES string of the molecule is CCOC(C)OC(C=CI)[C@H]1C[C@H](CCCC2CCCCC2)C1. The van der Waals surface area contributed by atoms with Crippen LogP contribution in [-0.2, 0) is 9.47 Å². The van der Waals surface area contributed by atoms with Crippen LogP contribution in [0.2, 0.25) is 0 Å². The molecule has 0 bridgehead atoms. The quantitative estimate of drug-likeness (QED) is 0.289. The first-order chi connectivity index (χ1) is 11.2. The Labute approximate surface area is 156 Å². The van der Waals surface area contributed by atoms with Gasteiger partial charge in [0.2, 0.25) is 0 Å². The molecule has 0 saturated heterocycles. The number of hydrogen-bond acceptors (Lipinski definition) is 2. The van der Waals surface area contributed by atoms with Crippen LogP contribution in [0, 0.1) is 17.8 Å². The predicted molar refractivity (Wildman–Crippen MR) is 106 cm³/mol. The average Bonchev–Trinajstić information content (AvgIpc) is 2.50. The monoisotopic (exact) mass is 434 g/mol. The molecule has 0 N–H and O–H groups in total. The van der Waals surface area contributed by atoms with Crippen molar-refractivity contribution in [2.45, 2.75) is 90.4 Å². The number of rotatable bonds is 10. The molecule has 0 aromatic carbocycles. The van der Waals surface area contributed by atoms with E-state index in [1.807, 2.05) is 13.8 Å². The third-order valence-electron chi connectivity index (χ3n) is 5.70. The molecule has 2 aliphatic carbocycles. The van der Waals surface area contributed by atoms with Crippen molar-refractivity contribution in [1.29, 1.82) is 0 Å². The fourth-order valence-corrected chi connectivity index (χ4v) is 4.75. The first-order valence-electron chi connectivity index (χ1n) is 9.76. The average molecular weight is 434 g/mol. The van der Waals surface area contributed by atoms with Gasteiger partial charge in [-0.15, -0.1) is 0 Å². The Hall–Kier alpha value is 0.390. The van der Waals surface area contributed by atoms with E-state index in [0.717, 1.165) is 18.4 Å². The van der Waals surface area contributed by atoms with Crippen molar-refractivity contribution >= 4 is 22.6 Å². The van der Waals surface area contributed by atoms with E-state index in [-0.39, 0.29) is 12.4 Å². The van der Waals surface area contributed by atoms with Crippen molar-refractivity contribution in [2.24, 2.45) is 17.8 Å². The van der Waals surface area contributed by atoms with Gasteiger partial charge in [-0.1, -0.05) is 74.0 Å². The van der Waals surface area contributed by atoms with Gasteiger partial charge in [-0.3, -0.25) is 0 Å². The molecule has 3 heteroatoms. The third kappa shape index (κ3) is 7.03. The maximum absolute atomic E-state index is 6.07. The molecule has 0 amide bonds. The summed E-state index contributed by atoms with van der Waals surface area (Å²) in [6.45, 7) is 4.75. The molecule has 0 radical (unpaired) electrons. The lowest BCUT2D eigenvalue weighted by Crippen LogP contribution is -2.36. The van der Waals surface area contributed by atoms with E-state index >= 15 is 0 Å². The van der Waals surface area contributed by atoms with Gasteiger partial charge in [0.1, 0.15) is 0 Å². The van der Waals surface area contributed by atoms with Gasteiger partial charge in [0.25, 0.3) is 0 Å². The second-order valence-electron chi connectivity index (χ2n) is 7.47. The highest BCUT2D eigenvalue weighted by molar-refractivity contribution is 14.1. The molecule has 2 unspecified atom stereocenters. The Kier molecular flexibility index (Phi) is 9.51. The second-order valence-corrected chi connectivity index (χ2v) is 8.19. The number of ether oxygens (including phenoxy) is 2. The van der Waals surface area contributed by atoms with Gasteiger partial charge in [0.05, 0.1) is 6.10 Å². The van der Waals surface area contributed by atoms with Gasteiger partial charge in [0, 0.05) is 6.61 Å². The second kappa shape index (κ2) is 11.1. The zero-order chi connectivity index (χ0) is 16.5. The highest BCUT2D eigenvalue weighted by Crippen LogP contribution is 2.41. The van der Waals surface area contributed by atoms with Gasteiger partial charge in [-0.25, -0.2) is 0 Å². The molecule has 2 aliphatic rings. The Morgan fingerprint density at radius 2 is 1.78 bits per heavy atom. The van der Waals surface area contributed by atoms with Crippen molar-refractivity contribution in [3.8, 4) is 0 Å². The normalized spacial score (nSPS) is 28.7. The van der Waals surface area contributed by atoms with Crippen LogP contribution in [0.4, 0.5) is 0 Å². The van der Waals surface area contributed by atoms with Gasteiger partial charge < -0.3 is 9.47 Å². The summed E-state index contributed by atoms with van der Waals surface area (Å²) in [5.74, 6) is 2.69. The summed E-state index contributed by atoms with van der Waals surface area (Å²) in [4.78, 5) is 0. The van der Waals surface area contributed by atoms with Crippen molar-refractivity contribution in [3.63, 3.8) is 0 Å². The molecular formula is C20H35IO2. The lowest BCUT2D eigenvalue weighted by atomic mass is 9.69. The van der Waals surface area contributed by atoms with E-state index in [2.05, 4.69) is 32.7 Å². The summed E-state index contributed by atoms with van der Waals surface area (Å²) in [5.41, 5.74) is 0. The maximum atomic E-state index is 6.07. The molecule has 2 nitrogen and oxygen atoms in total. The first kappa shape index (κ1) is 19.7. The van der Waals surface area contributed by atoms with E-state index in [0.29, 0.717) is 5.92 Å². The van der Waals surface area contributed by atoms with E-state index < -0.39 is 0 Å². The van der Waals surface area contributed by atoms with Crippen molar-refractivity contribution in [2.75, 3.05) is 6.61 Å². The summed E-state index contributed by atoms with van der Waals surface area (Å²) in [7, 11) is 0. The zero-order valence-electron chi connectivity index (χ0n) is 15.0. The van der Waals surface area contributed by atoms with Crippen LogP contribution in [0.25, 0.3) is 0 Å².